The van der Waals surface area contributed by atoms with Crippen molar-refractivity contribution < 1.29 is 14.3 Å². The summed E-state index contributed by atoms with van der Waals surface area (Å²) in [7, 11) is 1.27. The molecule has 5 nitrogen and oxygen atoms in total. The molecule has 27 heavy (non-hydrogen) atoms. The molecule has 140 valence electrons. The second kappa shape index (κ2) is 8.21. The first kappa shape index (κ1) is 19.5. The summed E-state index contributed by atoms with van der Waals surface area (Å²) in [6, 6.07) is 11.1. The highest BCUT2D eigenvalue weighted by Gasteiger charge is 2.23. The van der Waals surface area contributed by atoms with E-state index in [-0.39, 0.29) is 6.42 Å². The molecule has 3 rings (SSSR count). The van der Waals surface area contributed by atoms with Gasteiger partial charge in [-0.05, 0) is 42.0 Å². The third-order valence-electron chi connectivity index (χ3n) is 4.04. The smallest absolute Gasteiger partial charge is 0.328 e. The number of rotatable bonds is 5. The number of hydrogen-bond acceptors (Lipinski definition) is 3. The predicted octanol–water partition coefficient (Wildman–Crippen LogP) is 4.64. The number of carbonyl (C=O) groups is 2. The van der Waals surface area contributed by atoms with Gasteiger partial charge in [0.15, 0.2) is 0 Å². The zero-order chi connectivity index (χ0) is 19.6. The maximum Gasteiger partial charge on any atom is 0.328 e. The lowest BCUT2D eigenvalue weighted by Gasteiger charge is -2.16. The molecule has 3 aromatic rings. The Hall–Kier alpha value is -2.21. The Kier molecular flexibility index (Phi) is 5.95. The van der Waals surface area contributed by atoms with Crippen molar-refractivity contribution in [1.82, 2.24) is 10.3 Å². The number of H-pyrrole nitrogens is 1. The van der Waals surface area contributed by atoms with Crippen LogP contribution in [0.5, 0.6) is 0 Å². The number of ether oxygens (including phenoxy) is 1. The monoisotopic (exact) mass is 424 g/mol. The van der Waals surface area contributed by atoms with Crippen LogP contribution in [0.4, 0.5) is 0 Å². The molecule has 1 atom stereocenters. The maximum absolute atomic E-state index is 12.6. The molecule has 0 saturated heterocycles. The minimum atomic E-state index is -0.880. The highest BCUT2D eigenvalue weighted by Crippen LogP contribution is 2.24. The quantitative estimate of drug-likeness (QED) is 0.585. The van der Waals surface area contributed by atoms with E-state index >= 15 is 0 Å². The number of amides is 1. The van der Waals surface area contributed by atoms with E-state index in [2.05, 4.69) is 10.3 Å². The number of aromatic nitrogens is 1. The van der Waals surface area contributed by atoms with Crippen LogP contribution in [0.15, 0.2) is 42.5 Å². The fraction of sp³-hybridized carbons (Fsp3) is 0.158. The summed E-state index contributed by atoms with van der Waals surface area (Å²) in [5.41, 5.74) is 1.82. The van der Waals surface area contributed by atoms with Crippen LogP contribution in [0.1, 0.15) is 16.1 Å². The van der Waals surface area contributed by atoms with Gasteiger partial charge < -0.3 is 15.0 Å². The summed E-state index contributed by atoms with van der Waals surface area (Å²) >= 11 is 17.9. The van der Waals surface area contributed by atoms with Crippen molar-refractivity contribution in [3.63, 3.8) is 0 Å². The molecule has 0 unspecified atom stereocenters. The summed E-state index contributed by atoms with van der Waals surface area (Å²) in [5, 5.41) is 4.84. The Bertz CT molecular complexity index is 1020. The van der Waals surface area contributed by atoms with E-state index in [0.29, 0.717) is 20.8 Å². The average Bonchev–Trinajstić information content (AvgIpc) is 3.06. The molecule has 0 fully saturated rings. The molecule has 1 amide bonds. The zero-order valence-electron chi connectivity index (χ0n) is 14.2. The van der Waals surface area contributed by atoms with Crippen molar-refractivity contribution in [3.05, 3.63) is 68.8 Å². The van der Waals surface area contributed by atoms with Crippen LogP contribution in [-0.4, -0.2) is 30.0 Å². The molecule has 0 aliphatic carbocycles. The molecule has 2 aromatic carbocycles. The topological polar surface area (TPSA) is 71.2 Å². The van der Waals surface area contributed by atoms with E-state index < -0.39 is 17.9 Å². The number of aromatic amines is 1. The number of nitrogens with one attached hydrogen (secondary N) is 2. The van der Waals surface area contributed by atoms with Gasteiger partial charge in [0.25, 0.3) is 5.91 Å². The molecule has 1 aromatic heterocycles. The fourth-order valence-corrected chi connectivity index (χ4v) is 3.20. The van der Waals surface area contributed by atoms with Gasteiger partial charge in [-0.3, -0.25) is 4.79 Å². The summed E-state index contributed by atoms with van der Waals surface area (Å²) in [5.74, 6) is -0.994. The number of fused-ring (bicyclic) bond motifs is 1. The number of hydrogen-bond donors (Lipinski definition) is 2. The van der Waals surface area contributed by atoms with Gasteiger partial charge in [0.05, 0.1) is 17.2 Å². The molecule has 0 aliphatic rings. The molecule has 1 heterocycles. The van der Waals surface area contributed by atoms with Crippen molar-refractivity contribution in [2.45, 2.75) is 12.5 Å². The molecular formula is C19H15Cl3N2O3. The van der Waals surface area contributed by atoms with Crippen LogP contribution < -0.4 is 5.32 Å². The van der Waals surface area contributed by atoms with E-state index in [9.17, 15) is 9.59 Å². The van der Waals surface area contributed by atoms with Crippen LogP contribution in [0.25, 0.3) is 10.9 Å². The third-order valence-corrected chi connectivity index (χ3v) is 5.02. The van der Waals surface area contributed by atoms with Crippen LogP contribution in [0.3, 0.4) is 0 Å². The molecule has 0 radical (unpaired) electrons. The highest BCUT2D eigenvalue weighted by molar-refractivity contribution is 6.42. The standard InChI is InChI=1S/C19H15Cl3N2O3/c1-27-19(26)17(7-10-2-4-13(21)14(22)6-10)24-18(25)16-9-11-8-12(20)3-5-15(11)23-16/h2-6,8-9,17,23H,7H2,1H3,(H,24,25)/t17-/m0/s1. The lowest BCUT2D eigenvalue weighted by atomic mass is 10.1. The number of benzene rings is 2. The number of halogens is 3. The molecular weight excluding hydrogens is 411 g/mol. The van der Waals surface area contributed by atoms with Crippen LogP contribution in [-0.2, 0) is 16.0 Å². The second-order valence-corrected chi connectivity index (χ2v) is 7.17. The first-order valence-electron chi connectivity index (χ1n) is 7.98. The van der Waals surface area contributed by atoms with Crippen LogP contribution in [0.2, 0.25) is 15.1 Å². The van der Waals surface area contributed by atoms with Crippen molar-refractivity contribution in [1.29, 1.82) is 0 Å². The lowest BCUT2D eigenvalue weighted by molar-refractivity contribution is -0.142. The Morgan fingerprint density at radius 1 is 1.07 bits per heavy atom. The molecule has 0 spiro atoms. The fourth-order valence-electron chi connectivity index (χ4n) is 2.70. The molecule has 0 bridgehead atoms. The van der Waals surface area contributed by atoms with E-state index in [1.165, 1.54) is 7.11 Å². The Morgan fingerprint density at radius 2 is 1.85 bits per heavy atom. The van der Waals surface area contributed by atoms with Gasteiger partial charge in [-0.25, -0.2) is 4.79 Å². The summed E-state index contributed by atoms with van der Waals surface area (Å²) in [6.45, 7) is 0. The number of carbonyl (C=O) groups excluding carboxylic acids is 2. The molecule has 2 N–H and O–H groups in total. The Morgan fingerprint density at radius 3 is 2.56 bits per heavy atom. The lowest BCUT2D eigenvalue weighted by Crippen LogP contribution is -2.43. The van der Waals surface area contributed by atoms with E-state index in [0.717, 1.165) is 16.5 Å². The first-order valence-corrected chi connectivity index (χ1v) is 9.11. The van der Waals surface area contributed by atoms with Crippen molar-refractivity contribution in [2.75, 3.05) is 7.11 Å². The number of esters is 1. The molecule has 0 saturated carbocycles. The maximum atomic E-state index is 12.6. The van der Waals surface area contributed by atoms with Crippen molar-refractivity contribution in [3.8, 4) is 0 Å². The van der Waals surface area contributed by atoms with E-state index in [1.54, 1.807) is 42.5 Å². The Labute approximate surface area is 170 Å². The van der Waals surface area contributed by atoms with Gasteiger partial charge in [0.1, 0.15) is 11.7 Å². The second-order valence-electron chi connectivity index (χ2n) is 5.92. The van der Waals surface area contributed by atoms with Gasteiger partial charge in [-0.1, -0.05) is 40.9 Å². The molecule has 8 heteroatoms. The van der Waals surface area contributed by atoms with Crippen LogP contribution >= 0.6 is 34.8 Å². The van der Waals surface area contributed by atoms with Crippen molar-refractivity contribution >= 4 is 57.6 Å². The summed E-state index contributed by atoms with van der Waals surface area (Å²) in [6.07, 6.45) is 0.210. The summed E-state index contributed by atoms with van der Waals surface area (Å²) in [4.78, 5) is 27.7. The molecule has 0 aliphatic heterocycles. The third kappa shape index (κ3) is 4.56. The van der Waals surface area contributed by atoms with Gasteiger partial charge in [-0.2, -0.15) is 0 Å². The van der Waals surface area contributed by atoms with Crippen LogP contribution in [0, 0.1) is 0 Å². The van der Waals surface area contributed by atoms with Crippen molar-refractivity contribution in [2.24, 2.45) is 0 Å². The van der Waals surface area contributed by atoms with Gasteiger partial charge in [0.2, 0.25) is 0 Å². The minimum Gasteiger partial charge on any atom is -0.467 e. The van der Waals surface area contributed by atoms with E-state index in [4.69, 9.17) is 39.5 Å². The van der Waals surface area contributed by atoms with Gasteiger partial charge in [-0.15, -0.1) is 0 Å². The Balaban J connectivity index is 1.81. The average molecular weight is 426 g/mol. The minimum absolute atomic E-state index is 0.210. The van der Waals surface area contributed by atoms with E-state index in [1.807, 2.05) is 0 Å². The van der Waals surface area contributed by atoms with Gasteiger partial charge >= 0.3 is 5.97 Å². The zero-order valence-corrected chi connectivity index (χ0v) is 16.5. The predicted molar refractivity (Wildman–Crippen MR) is 107 cm³/mol. The SMILES string of the molecule is COC(=O)[C@H](Cc1ccc(Cl)c(Cl)c1)NC(=O)c1cc2cc(Cl)ccc2[nH]1. The highest BCUT2D eigenvalue weighted by atomic mass is 35.5. The first-order chi connectivity index (χ1) is 12.9. The number of methoxy groups -OCH3 is 1. The largest absolute Gasteiger partial charge is 0.467 e. The van der Waals surface area contributed by atoms with Gasteiger partial charge in [0, 0.05) is 22.3 Å². The normalized spacial score (nSPS) is 12.0. The summed E-state index contributed by atoms with van der Waals surface area (Å²) < 4.78 is 4.81.